The van der Waals surface area contributed by atoms with Crippen molar-refractivity contribution in [3.05, 3.63) is 95.0 Å². The number of rotatable bonds is 8. The van der Waals surface area contributed by atoms with E-state index >= 15 is 0 Å². The molecule has 0 fully saturated rings. The maximum atomic E-state index is 13.8. The first-order valence-electron chi connectivity index (χ1n) is 10.6. The van der Waals surface area contributed by atoms with Crippen LogP contribution >= 0.6 is 11.3 Å². The lowest BCUT2D eigenvalue weighted by atomic mass is 10.2. The summed E-state index contributed by atoms with van der Waals surface area (Å²) in [6.07, 6.45) is 1.94. The van der Waals surface area contributed by atoms with Crippen LogP contribution in [0.2, 0.25) is 0 Å². The van der Waals surface area contributed by atoms with E-state index in [-0.39, 0.29) is 24.4 Å². The minimum absolute atomic E-state index is 0.0277. The van der Waals surface area contributed by atoms with Gasteiger partial charge in [-0.1, -0.05) is 24.3 Å². The van der Waals surface area contributed by atoms with Gasteiger partial charge in [-0.2, -0.15) is 5.10 Å². The Labute approximate surface area is 199 Å². The molecule has 0 bridgehead atoms. The van der Waals surface area contributed by atoms with Crippen molar-refractivity contribution in [3.63, 3.8) is 0 Å². The lowest BCUT2D eigenvalue weighted by Crippen LogP contribution is -2.32. The highest BCUT2D eigenvalue weighted by atomic mass is 32.1. The van der Waals surface area contributed by atoms with Crippen LogP contribution in [0.4, 0.5) is 8.78 Å². The second-order valence-electron chi connectivity index (χ2n) is 7.64. The molecule has 174 valence electrons. The van der Waals surface area contributed by atoms with Gasteiger partial charge in [-0.3, -0.25) is 9.59 Å². The van der Waals surface area contributed by atoms with Gasteiger partial charge in [-0.05, 0) is 35.7 Å². The smallest absolute Gasteiger partial charge is 0.254 e. The standard InChI is InChI=1S/C25H22F2N4O2S/c1-30(23(32)11-12-28-25(33)20-10-9-18(26)14-21(20)27)15-17-16-31(19-6-3-2-4-7-19)29-24(17)22-8-5-13-34-22/h2-10,13-14,16H,11-12,15H2,1H3,(H,28,33). The molecule has 34 heavy (non-hydrogen) atoms. The second-order valence-corrected chi connectivity index (χ2v) is 8.59. The van der Waals surface area contributed by atoms with Crippen LogP contribution < -0.4 is 5.32 Å². The van der Waals surface area contributed by atoms with E-state index in [1.165, 1.54) is 0 Å². The Morgan fingerprint density at radius 1 is 1.09 bits per heavy atom. The summed E-state index contributed by atoms with van der Waals surface area (Å²) in [7, 11) is 1.68. The Bertz CT molecular complexity index is 1290. The predicted molar refractivity (Wildman–Crippen MR) is 127 cm³/mol. The van der Waals surface area contributed by atoms with Gasteiger partial charge in [0.05, 0.1) is 16.1 Å². The van der Waals surface area contributed by atoms with Gasteiger partial charge in [0.25, 0.3) is 5.91 Å². The number of nitrogens with one attached hydrogen (secondary N) is 1. The molecule has 6 nitrogen and oxygen atoms in total. The molecule has 2 aromatic carbocycles. The van der Waals surface area contributed by atoms with Gasteiger partial charge in [0.2, 0.25) is 5.91 Å². The number of nitrogens with zero attached hydrogens (tertiary/aromatic N) is 3. The second kappa shape index (κ2) is 10.4. The number of hydrogen-bond acceptors (Lipinski definition) is 4. The topological polar surface area (TPSA) is 67.2 Å². The van der Waals surface area contributed by atoms with Crippen molar-refractivity contribution in [1.82, 2.24) is 20.0 Å². The van der Waals surface area contributed by atoms with E-state index in [2.05, 4.69) is 5.32 Å². The summed E-state index contributed by atoms with van der Waals surface area (Å²) < 4.78 is 28.6. The first kappa shape index (κ1) is 23.3. The Balaban J connectivity index is 1.40. The molecule has 0 saturated carbocycles. The molecule has 0 spiro atoms. The molecule has 0 aliphatic heterocycles. The average Bonchev–Trinajstić information content (AvgIpc) is 3.49. The monoisotopic (exact) mass is 480 g/mol. The van der Waals surface area contributed by atoms with E-state index in [1.807, 2.05) is 54.0 Å². The number of carbonyl (C=O) groups is 2. The Morgan fingerprint density at radius 2 is 1.88 bits per heavy atom. The van der Waals surface area contributed by atoms with Crippen LogP contribution in [0.25, 0.3) is 16.3 Å². The largest absolute Gasteiger partial charge is 0.351 e. The minimum Gasteiger partial charge on any atom is -0.351 e. The van der Waals surface area contributed by atoms with E-state index in [4.69, 9.17) is 5.10 Å². The number of para-hydroxylation sites is 1. The molecular formula is C25H22F2N4O2S. The number of hydrogen-bond donors (Lipinski definition) is 1. The summed E-state index contributed by atoms with van der Waals surface area (Å²) >= 11 is 1.57. The first-order chi connectivity index (χ1) is 16.4. The third-order valence-electron chi connectivity index (χ3n) is 5.20. The van der Waals surface area contributed by atoms with Crippen LogP contribution in [-0.2, 0) is 11.3 Å². The van der Waals surface area contributed by atoms with Crippen molar-refractivity contribution in [3.8, 4) is 16.3 Å². The van der Waals surface area contributed by atoms with Gasteiger partial charge in [-0.25, -0.2) is 13.5 Å². The molecule has 2 heterocycles. The van der Waals surface area contributed by atoms with Gasteiger partial charge in [0, 0.05) is 44.4 Å². The zero-order valence-corrected chi connectivity index (χ0v) is 19.2. The molecule has 2 aromatic heterocycles. The van der Waals surface area contributed by atoms with Crippen LogP contribution in [0.3, 0.4) is 0 Å². The van der Waals surface area contributed by atoms with Gasteiger partial charge in [0.1, 0.15) is 17.3 Å². The molecular weight excluding hydrogens is 458 g/mol. The van der Waals surface area contributed by atoms with Crippen LogP contribution in [0.1, 0.15) is 22.3 Å². The lowest BCUT2D eigenvalue weighted by molar-refractivity contribution is -0.130. The Kier molecular flexibility index (Phi) is 7.12. The van der Waals surface area contributed by atoms with Crippen molar-refractivity contribution in [2.45, 2.75) is 13.0 Å². The zero-order chi connectivity index (χ0) is 24.1. The third kappa shape index (κ3) is 5.37. The van der Waals surface area contributed by atoms with Crippen LogP contribution in [0.5, 0.6) is 0 Å². The van der Waals surface area contributed by atoms with Crippen molar-refractivity contribution in [2.75, 3.05) is 13.6 Å². The number of aromatic nitrogens is 2. The highest BCUT2D eigenvalue weighted by Crippen LogP contribution is 2.28. The Morgan fingerprint density at radius 3 is 2.59 bits per heavy atom. The summed E-state index contributed by atoms with van der Waals surface area (Å²) in [5.74, 6) is -2.60. The van der Waals surface area contributed by atoms with Crippen LogP contribution in [0, 0.1) is 11.6 Å². The Hall–Kier alpha value is -3.85. The van der Waals surface area contributed by atoms with Crippen molar-refractivity contribution in [1.29, 1.82) is 0 Å². The predicted octanol–water partition coefficient (Wildman–Crippen LogP) is 4.66. The zero-order valence-electron chi connectivity index (χ0n) is 18.4. The number of thiophene rings is 1. The number of amides is 2. The lowest BCUT2D eigenvalue weighted by Gasteiger charge is -2.17. The summed E-state index contributed by atoms with van der Waals surface area (Å²) in [4.78, 5) is 27.4. The van der Waals surface area contributed by atoms with E-state index in [0.29, 0.717) is 12.6 Å². The highest BCUT2D eigenvalue weighted by Gasteiger charge is 2.18. The molecule has 4 aromatic rings. The normalized spacial score (nSPS) is 10.8. The van der Waals surface area contributed by atoms with Crippen LogP contribution in [-0.4, -0.2) is 40.1 Å². The fourth-order valence-corrected chi connectivity index (χ4v) is 4.19. The highest BCUT2D eigenvalue weighted by molar-refractivity contribution is 7.13. The van der Waals surface area contributed by atoms with E-state index in [1.54, 1.807) is 28.0 Å². The first-order valence-corrected chi connectivity index (χ1v) is 11.5. The van der Waals surface area contributed by atoms with E-state index in [0.717, 1.165) is 34.0 Å². The van der Waals surface area contributed by atoms with Gasteiger partial charge < -0.3 is 10.2 Å². The molecule has 4 rings (SSSR count). The maximum absolute atomic E-state index is 13.8. The van der Waals surface area contributed by atoms with Gasteiger partial charge in [-0.15, -0.1) is 11.3 Å². The molecule has 0 saturated heterocycles. The van der Waals surface area contributed by atoms with Crippen molar-refractivity contribution in [2.24, 2.45) is 0 Å². The number of halogens is 2. The van der Waals surface area contributed by atoms with Gasteiger partial charge >= 0.3 is 0 Å². The number of benzene rings is 2. The molecule has 9 heteroatoms. The maximum Gasteiger partial charge on any atom is 0.254 e. The SMILES string of the molecule is CN(Cc1cn(-c2ccccc2)nc1-c1cccs1)C(=O)CCNC(=O)c1ccc(F)cc1F. The summed E-state index contributed by atoms with van der Waals surface area (Å²) in [5, 5.41) is 9.22. The summed E-state index contributed by atoms with van der Waals surface area (Å²) in [5.41, 5.74) is 2.34. The molecule has 0 aliphatic carbocycles. The van der Waals surface area contributed by atoms with Crippen molar-refractivity contribution < 1.29 is 18.4 Å². The molecule has 1 N–H and O–H groups in total. The average molecular weight is 481 g/mol. The summed E-state index contributed by atoms with van der Waals surface area (Å²) in [6, 6.07) is 16.4. The molecule has 0 radical (unpaired) electrons. The fourth-order valence-electron chi connectivity index (χ4n) is 3.45. The van der Waals surface area contributed by atoms with Crippen LogP contribution in [0.15, 0.2) is 72.2 Å². The fraction of sp³-hybridized carbons (Fsp3) is 0.160. The van der Waals surface area contributed by atoms with Gasteiger partial charge in [0.15, 0.2) is 0 Å². The molecule has 2 amide bonds. The minimum atomic E-state index is -0.947. The van der Waals surface area contributed by atoms with E-state index in [9.17, 15) is 18.4 Å². The quantitative estimate of drug-likeness (QED) is 0.399. The van der Waals surface area contributed by atoms with Crippen molar-refractivity contribution >= 4 is 23.2 Å². The summed E-state index contributed by atoms with van der Waals surface area (Å²) in [6.45, 7) is 0.360. The molecule has 0 aliphatic rings. The third-order valence-corrected chi connectivity index (χ3v) is 6.08. The number of carbonyl (C=O) groups excluding carboxylic acids is 2. The van der Waals surface area contributed by atoms with E-state index < -0.39 is 17.5 Å². The molecule has 0 unspecified atom stereocenters. The molecule has 0 atom stereocenters.